The van der Waals surface area contributed by atoms with Gasteiger partial charge < -0.3 is 20.4 Å². The SMILES string of the molecule is O=C(CCC(=O)On1c(O)ccc1O)Nc1cccc2ccccc12. The lowest BCUT2D eigenvalue weighted by Gasteiger charge is -2.09. The second-order valence-corrected chi connectivity index (χ2v) is 5.38. The van der Waals surface area contributed by atoms with E-state index in [0.717, 1.165) is 10.8 Å². The van der Waals surface area contributed by atoms with E-state index >= 15 is 0 Å². The Bertz CT molecular complexity index is 907. The summed E-state index contributed by atoms with van der Waals surface area (Å²) in [4.78, 5) is 28.6. The maximum Gasteiger partial charge on any atom is 0.333 e. The molecule has 0 fully saturated rings. The summed E-state index contributed by atoms with van der Waals surface area (Å²) in [7, 11) is 0. The third-order valence-corrected chi connectivity index (χ3v) is 3.61. The number of nitrogens with zero attached hydrogens (tertiary/aromatic N) is 1. The van der Waals surface area contributed by atoms with Crippen molar-refractivity contribution in [3.8, 4) is 11.8 Å². The van der Waals surface area contributed by atoms with Crippen molar-refractivity contribution in [2.75, 3.05) is 5.32 Å². The van der Waals surface area contributed by atoms with Crippen LogP contribution in [0.25, 0.3) is 10.8 Å². The molecule has 7 heteroatoms. The first-order chi connectivity index (χ1) is 12.0. The fourth-order valence-electron chi connectivity index (χ4n) is 2.41. The predicted molar refractivity (Wildman–Crippen MR) is 91.2 cm³/mol. The van der Waals surface area contributed by atoms with E-state index < -0.39 is 17.7 Å². The Kier molecular flexibility index (Phi) is 4.56. The van der Waals surface area contributed by atoms with Crippen molar-refractivity contribution in [1.82, 2.24) is 4.73 Å². The molecule has 0 saturated carbocycles. The standard InChI is InChI=1S/C18H16N2O5/c21-15(8-11-18(24)25-20-16(22)9-10-17(20)23)19-14-7-3-5-12-4-1-2-6-13(12)14/h1-7,9-10,22-23H,8,11H2,(H,19,21). The number of rotatable bonds is 5. The number of benzene rings is 2. The lowest BCUT2D eigenvalue weighted by Crippen LogP contribution is -2.21. The number of hydrogen-bond acceptors (Lipinski definition) is 5. The first-order valence-electron chi connectivity index (χ1n) is 7.63. The molecule has 25 heavy (non-hydrogen) atoms. The van der Waals surface area contributed by atoms with Crippen LogP contribution in [-0.4, -0.2) is 26.8 Å². The maximum absolute atomic E-state index is 12.1. The highest BCUT2D eigenvalue weighted by molar-refractivity contribution is 6.02. The molecule has 0 atom stereocenters. The van der Waals surface area contributed by atoms with E-state index in [2.05, 4.69) is 5.32 Å². The van der Waals surface area contributed by atoms with Crippen LogP contribution in [0.4, 0.5) is 5.69 Å². The molecular formula is C18H16N2O5. The van der Waals surface area contributed by atoms with E-state index in [1.54, 1.807) is 6.07 Å². The number of aromatic nitrogens is 1. The monoisotopic (exact) mass is 340 g/mol. The van der Waals surface area contributed by atoms with Crippen LogP contribution in [-0.2, 0) is 9.59 Å². The molecule has 0 aliphatic heterocycles. The van der Waals surface area contributed by atoms with Crippen molar-refractivity contribution in [2.45, 2.75) is 12.8 Å². The molecule has 0 saturated heterocycles. The molecule has 0 bridgehead atoms. The first kappa shape index (κ1) is 16.4. The zero-order valence-corrected chi connectivity index (χ0v) is 13.2. The summed E-state index contributed by atoms with van der Waals surface area (Å²) in [5.74, 6) is -1.92. The quantitative estimate of drug-likeness (QED) is 0.662. The zero-order chi connectivity index (χ0) is 17.8. The third-order valence-electron chi connectivity index (χ3n) is 3.61. The molecule has 1 aromatic heterocycles. The van der Waals surface area contributed by atoms with Crippen LogP contribution in [0, 0.1) is 0 Å². The molecular weight excluding hydrogens is 324 g/mol. The predicted octanol–water partition coefficient (Wildman–Crippen LogP) is 2.43. The second kappa shape index (κ2) is 6.96. The fourth-order valence-corrected chi connectivity index (χ4v) is 2.41. The largest absolute Gasteiger partial charge is 0.492 e. The minimum Gasteiger partial charge on any atom is -0.492 e. The van der Waals surface area contributed by atoms with Crippen molar-refractivity contribution in [1.29, 1.82) is 0 Å². The average Bonchev–Trinajstić information content (AvgIpc) is 2.92. The summed E-state index contributed by atoms with van der Waals surface area (Å²) in [6.45, 7) is 0. The van der Waals surface area contributed by atoms with E-state index in [1.165, 1.54) is 12.1 Å². The maximum atomic E-state index is 12.1. The molecule has 128 valence electrons. The highest BCUT2D eigenvalue weighted by Gasteiger charge is 2.14. The summed E-state index contributed by atoms with van der Waals surface area (Å²) >= 11 is 0. The molecule has 0 radical (unpaired) electrons. The Morgan fingerprint density at radius 1 is 0.920 bits per heavy atom. The molecule has 3 rings (SSSR count). The van der Waals surface area contributed by atoms with Gasteiger partial charge in [0.1, 0.15) is 0 Å². The van der Waals surface area contributed by atoms with Crippen LogP contribution < -0.4 is 10.2 Å². The smallest absolute Gasteiger partial charge is 0.333 e. The number of nitrogens with one attached hydrogen (secondary N) is 1. The first-order valence-corrected chi connectivity index (χ1v) is 7.63. The number of amides is 1. The van der Waals surface area contributed by atoms with Crippen LogP contribution in [0.1, 0.15) is 12.8 Å². The second-order valence-electron chi connectivity index (χ2n) is 5.38. The van der Waals surface area contributed by atoms with Gasteiger partial charge in [0.2, 0.25) is 17.7 Å². The van der Waals surface area contributed by atoms with E-state index in [4.69, 9.17) is 4.84 Å². The van der Waals surface area contributed by atoms with Gasteiger partial charge in [0.25, 0.3) is 0 Å². The highest BCUT2D eigenvalue weighted by Crippen LogP contribution is 2.23. The number of hydrogen-bond donors (Lipinski definition) is 3. The number of carbonyl (C=O) groups excluding carboxylic acids is 2. The molecule has 1 amide bonds. The molecule has 0 spiro atoms. The summed E-state index contributed by atoms with van der Waals surface area (Å²) in [6.07, 6.45) is -0.293. The molecule has 7 nitrogen and oxygen atoms in total. The Labute approximate surface area is 143 Å². The van der Waals surface area contributed by atoms with Crippen LogP contribution in [0.3, 0.4) is 0 Å². The number of carbonyl (C=O) groups is 2. The van der Waals surface area contributed by atoms with Crippen molar-refractivity contribution in [3.05, 3.63) is 54.6 Å². The van der Waals surface area contributed by atoms with Gasteiger partial charge in [-0.25, -0.2) is 4.79 Å². The highest BCUT2D eigenvalue weighted by atomic mass is 16.7. The van der Waals surface area contributed by atoms with Gasteiger partial charge in [0.15, 0.2) is 0 Å². The summed E-state index contributed by atoms with van der Waals surface area (Å²) in [6, 6.07) is 15.6. The third kappa shape index (κ3) is 3.72. The van der Waals surface area contributed by atoms with Crippen molar-refractivity contribution in [2.24, 2.45) is 0 Å². The summed E-state index contributed by atoms with van der Waals surface area (Å²) < 4.78 is 0.588. The van der Waals surface area contributed by atoms with Crippen molar-refractivity contribution < 1.29 is 24.6 Å². The Hall–Kier alpha value is -3.48. The van der Waals surface area contributed by atoms with Gasteiger partial charge >= 0.3 is 5.97 Å². The number of aromatic hydroxyl groups is 2. The van der Waals surface area contributed by atoms with Gasteiger partial charge in [-0.15, -0.1) is 4.73 Å². The van der Waals surface area contributed by atoms with Crippen LogP contribution >= 0.6 is 0 Å². The molecule has 0 aliphatic rings. The van der Waals surface area contributed by atoms with Crippen LogP contribution in [0.15, 0.2) is 54.6 Å². The van der Waals surface area contributed by atoms with Gasteiger partial charge in [0, 0.05) is 29.6 Å². The molecule has 2 aromatic carbocycles. The van der Waals surface area contributed by atoms with E-state index in [1.807, 2.05) is 36.4 Å². The number of fused-ring (bicyclic) bond motifs is 1. The Morgan fingerprint density at radius 3 is 2.36 bits per heavy atom. The molecule has 3 aromatic rings. The lowest BCUT2D eigenvalue weighted by molar-refractivity contribution is -0.146. The molecule has 1 heterocycles. The number of anilines is 1. The summed E-state index contributed by atoms with van der Waals surface area (Å²) in [5.41, 5.74) is 0.664. The topological polar surface area (TPSA) is 101 Å². The molecule has 0 unspecified atom stereocenters. The van der Waals surface area contributed by atoms with Crippen molar-refractivity contribution in [3.63, 3.8) is 0 Å². The molecule has 3 N–H and O–H groups in total. The van der Waals surface area contributed by atoms with Gasteiger partial charge in [0.05, 0.1) is 6.42 Å². The normalized spacial score (nSPS) is 10.6. The van der Waals surface area contributed by atoms with Gasteiger partial charge in [-0.2, -0.15) is 0 Å². The lowest BCUT2D eigenvalue weighted by atomic mass is 10.1. The summed E-state index contributed by atoms with van der Waals surface area (Å²) in [5, 5.41) is 23.5. The van der Waals surface area contributed by atoms with Crippen LogP contribution in [0.2, 0.25) is 0 Å². The fraction of sp³-hybridized carbons (Fsp3) is 0.111. The van der Waals surface area contributed by atoms with Crippen LogP contribution in [0.5, 0.6) is 11.8 Å². The van der Waals surface area contributed by atoms with Gasteiger partial charge in [-0.3, -0.25) is 4.79 Å². The minimum absolute atomic E-state index is 0.0924. The average molecular weight is 340 g/mol. The molecule has 0 aliphatic carbocycles. The van der Waals surface area contributed by atoms with E-state index in [-0.39, 0.29) is 18.7 Å². The van der Waals surface area contributed by atoms with E-state index in [9.17, 15) is 19.8 Å². The van der Waals surface area contributed by atoms with E-state index in [0.29, 0.717) is 10.4 Å². The zero-order valence-electron chi connectivity index (χ0n) is 13.2. The minimum atomic E-state index is -0.755. The van der Waals surface area contributed by atoms with Gasteiger partial charge in [-0.1, -0.05) is 36.4 Å². The van der Waals surface area contributed by atoms with Crippen molar-refractivity contribution >= 4 is 28.3 Å². The van der Waals surface area contributed by atoms with Gasteiger partial charge in [-0.05, 0) is 11.5 Å². The Balaban J connectivity index is 1.58. The Morgan fingerprint density at radius 2 is 1.60 bits per heavy atom.